The van der Waals surface area contributed by atoms with E-state index in [0.717, 1.165) is 11.1 Å². The summed E-state index contributed by atoms with van der Waals surface area (Å²) in [6, 6.07) is 7.25. The van der Waals surface area contributed by atoms with Crippen LogP contribution in [0.15, 0.2) is 24.3 Å². The second-order valence-corrected chi connectivity index (χ2v) is 8.29. The van der Waals surface area contributed by atoms with Crippen molar-refractivity contribution in [2.45, 2.75) is 71.3 Å². The lowest BCUT2D eigenvalue weighted by Crippen LogP contribution is -2.45. The molecule has 1 aromatic rings. The minimum absolute atomic E-state index is 0.118. The lowest BCUT2D eigenvalue weighted by molar-refractivity contribution is -0.142. The highest BCUT2D eigenvalue weighted by Crippen LogP contribution is 2.13. The van der Waals surface area contributed by atoms with E-state index in [9.17, 15) is 14.4 Å². The number of benzene rings is 1. The quantitative estimate of drug-likeness (QED) is 0.402. The Morgan fingerprint density at radius 1 is 1.13 bits per heavy atom. The maximum absolute atomic E-state index is 12.1. The number of nitrogens with one attached hydrogen (secondary N) is 1. The van der Waals surface area contributed by atoms with Crippen molar-refractivity contribution < 1.29 is 33.7 Å². The van der Waals surface area contributed by atoms with Crippen LogP contribution in [-0.2, 0) is 36.8 Å². The minimum Gasteiger partial charge on any atom is -0.480 e. The number of hydrogen-bond acceptors (Lipinski definition) is 6. The van der Waals surface area contributed by atoms with Crippen molar-refractivity contribution in [3.05, 3.63) is 35.4 Å². The molecule has 0 aliphatic heterocycles. The van der Waals surface area contributed by atoms with Gasteiger partial charge >= 0.3 is 12.1 Å². The molecule has 4 N–H and O–H groups in total. The van der Waals surface area contributed by atoms with Crippen molar-refractivity contribution in [2.24, 2.45) is 5.73 Å². The third-order valence-corrected chi connectivity index (χ3v) is 4.27. The Kier molecular flexibility index (Phi) is 11.0. The van der Waals surface area contributed by atoms with Gasteiger partial charge in [-0.15, -0.1) is 0 Å². The van der Waals surface area contributed by atoms with Gasteiger partial charge in [-0.2, -0.15) is 0 Å². The first kappa shape index (κ1) is 26.4. The second-order valence-electron chi connectivity index (χ2n) is 8.29. The molecule has 174 valence electrons. The molecule has 0 heterocycles. The highest BCUT2D eigenvalue weighted by atomic mass is 16.6. The van der Waals surface area contributed by atoms with Crippen molar-refractivity contribution in [3.63, 3.8) is 0 Å². The number of rotatable bonds is 13. The van der Waals surface area contributed by atoms with Gasteiger partial charge in [0.2, 0.25) is 5.91 Å². The number of nitrogens with two attached hydrogens (primary N) is 1. The molecule has 0 aliphatic rings. The van der Waals surface area contributed by atoms with Crippen molar-refractivity contribution >= 4 is 18.0 Å². The standard InChI is InChI=1S/C22H34N2O7/c1-15(18(9-10-19(23)25)24-21(28)31-22(2,3)4)30-13-17-7-5-16(6-8-17)11-12-29-14-20(26)27/h5-8,15,18H,9-14H2,1-4H3,(H2,23,25)(H,24,28)(H,26,27)/t15-,18+/m1/s1. The number of hydrogen-bond donors (Lipinski definition) is 3. The largest absolute Gasteiger partial charge is 0.480 e. The van der Waals surface area contributed by atoms with E-state index in [2.05, 4.69) is 5.32 Å². The number of amides is 2. The molecule has 0 saturated heterocycles. The minimum atomic E-state index is -0.989. The number of alkyl carbamates (subject to hydrolysis) is 1. The Balaban J connectivity index is 2.57. The van der Waals surface area contributed by atoms with Crippen LogP contribution in [-0.4, -0.2) is 54.0 Å². The fourth-order valence-corrected chi connectivity index (χ4v) is 2.68. The SMILES string of the molecule is C[C@@H](OCc1ccc(CCOCC(=O)O)cc1)[C@H](CCC(N)=O)NC(=O)OC(C)(C)C. The number of aliphatic carboxylic acids is 1. The van der Waals surface area contributed by atoms with Crippen molar-refractivity contribution in [2.75, 3.05) is 13.2 Å². The maximum Gasteiger partial charge on any atom is 0.407 e. The molecule has 2 atom stereocenters. The maximum atomic E-state index is 12.1. The van der Waals surface area contributed by atoms with Crippen LogP contribution in [0.4, 0.5) is 4.79 Å². The Morgan fingerprint density at radius 3 is 2.29 bits per heavy atom. The molecule has 0 bridgehead atoms. The number of ether oxygens (including phenoxy) is 3. The lowest BCUT2D eigenvalue weighted by Gasteiger charge is -2.27. The molecule has 0 aromatic heterocycles. The van der Waals surface area contributed by atoms with Crippen molar-refractivity contribution in [1.82, 2.24) is 5.32 Å². The first-order chi connectivity index (χ1) is 14.5. The van der Waals surface area contributed by atoms with Crippen LogP contribution in [0.2, 0.25) is 0 Å². The van der Waals surface area contributed by atoms with Gasteiger partial charge in [-0.05, 0) is 51.7 Å². The van der Waals surface area contributed by atoms with Gasteiger partial charge in [0.25, 0.3) is 0 Å². The van der Waals surface area contributed by atoms with E-state index in [1.165, 1.54) is 0 Å². The zero-order valence-electron chi connectivity index (χ0n) is 18.7. The summed E-state index contributed by atoms with van der Waals surface area (Å²) in [5.74, 6) is -1.44. The highest BCUT2D eigenvalue weighted by Gasteiger charge is 2.24. The number of carboxylic acid groups (broad SMARTS) is 1. The molecule has 1 rings (SSSR count). The van der Waals surface area contributed by atoms with Gasteiger partial charge in [0.05, 0.1) is 25.4 Å². The molecule has 0 unspecified atom stereocenters. The van der Waals surface area contributed by atoms with Gasteiger partial charge in [-0.25, -0.2) is 9.59 Å². The first-order valence-electron chi connectivity index (χ1n) is 10.2. The van der Waals surface area contributed by atoms with E-state index in [1.54, 1.807) is 20.8 Å². The Morgan fingerprint density at radius 2 is 1.74 bits per heavy atom. The van der Waals surface area contributed by atoms with Gasteiger partial charge < -0.3 is 30.4 Å². The predicted octanol–water partition coefficient (Wildman–Crippen LogP) is 2.39. The molecular formula is C22H34N2O7. The van der Waals surface area contributed by atoms with Gasteiger partial charge in [-0.1, -0.05) is 24.3 Å². The lowest BCUT2D eigenvalue weighted by atomic mass is 10.1. The third-order valence-electron chi connectivity index (χ3n) is 4.27. The highest BCUT2D eigenvalue weighted by molar-refractivity contribution is 5.74. The molecule has 9 nitrogen and oxygen atoms in total. The monoisotopic (exact) mass is 438 g/mol. The fraction of sp³-hybridized carbons (Fsp3) is 0.591. The zero-order valence-corrected chi connectivity index (χ0v) is 18.7. The molecule has 2 amide bonds. The van der Waals surface area contributed by atoms with Crippen LogP contribution in [0.1, 0.15) is 51.7 Å². The summed E-state index contributed by atoms with van der Waals surface area (Å²) in [6.45, 7) is 7.47. The topological polar surface area (TPSA) is 137 Å². The third kappa shape index (κ3) is 12.6. The van der Waals surface area contributed by atoms with Gasteiger partial charge in [0.15, 0.2) is 0 Å². The Hall–Kier alpha value is -2.65. The van der Waals surface area contributed by atoms with Crippen LogP contribution in [0.3, 0.4) is 0 Å². The molecule has 0 spiro atoms. The van der Waals surface area contributed by atoms with Crippen LogP contribution < -0.4 is 11.1 Å². The first-order valence-corrected chi connectivity index (χ1v) is 10.2. The molecule has 0 radical (unpaired) electrons. The van der Waals surface area contributed by atoms with Crippen LogP contribution >= 0.6 is 0 Å². The van der Waals surface area contributed by atoms with E-state index < -0.39 is 29.6 Å². The summed E-state index contributed by atoms with van der Waals surface area (Å²) in [4.78, 5) is 33.7. The average molecular weight is 439 g/mol. The number of carbonyl (C=O) groups is 3. The summed E-state index contributed by atoms with van der Waals surface area (Å²) in [7, 11) is 0. The normalized spacial score (nSPS) is 13.3. The molecule has 9 heteroatoms. The van der Waals surface area contributed by atoms with E-state index in [1.807, 2.05) is 31.2 Å². The Labute approximate surface area is 183 Å². The molecule has 31 heavy (non-hydrogen) atoms. The second kappa shape index (κ2) is 12.9. The zero-order chi connectivity index (χ0) is 23.4. The summed E-state index contributed by atoms with van der Waals surface area (Å²) >= 11 is 0. The Bertz CT molecular complexity index is 714. The smallest absolute Gasteiger partial charge is 0.407 e. The van der Waals surface area contributed by atoms with E-state index >= 15 is 0 Å². The fourth-order valence-electron chi connectivity index (χ4n) is 2.68. The summed E-state index contributed by atoms with van der Waals surface area (Å²) in [5, 5.41) is 11.3. The molecule has 1 aromatic carbocycles. The predicted molar refractivity (Wildman–Crippen MR) is 114 cm³/mol. The number of carbonyl (C=O) groups excluding carboxylic acids is 2. The molecular weight excluding hydrogens is 404 g/mol. The van der Waals surface area contributed by atoms with Crippen molar-refractivity contribution in [3.8, 4) is 0 Å². The van der Waals surface area contributed by atoms with E-state index in [0.29, 0.717) is 26.1 Å². The van der Waals surface area contributed by atoms with Crippen LogP contribution in [0.25, 0.3) is 0 Å². The van der Waals surface area contributed by atoms with Crippen LogP contribution in [0.5, 0.6) is 0 Å². The molecule has 0 saturated carbocycles. The van der Waals surface area contributed by atoms with Gasteiger partial charge in [0.1, 0.15) is 12.2 Å². The molecule has 0 fully saturated rings. The van der Waals surface area contributed by atoms with E-state index in [-0.39, 0.29) is 19.1 Å². The van der Waals surface area contributed by atoms with Gasteiger partial charge in [-0.3, -0.25) is 4.79 Å². The summed E-state index contributed by atoms with van der Waals surface area (Å²) in [6.07, 6.45) is 0.111. The van der Waals surface area contributed by atoms with Gasteiger partial charge in [0, 0.05) is 6.42 Å². The average Bonchev–Trinajstić information content (AvgIpc) is 2.65. The number of primary amides is 1. The summed E-state index contributed by atoms with van der Waals surface area (Å²) in [5.41, 5.74) is 6.57. The van der Waals surface area contributed by atoms with Crippen molar-refractivity contribution in [1.29, 1.82) is 0 Å². The van der Waals surface area contributed by atoms with Crippen LogP contribution in [0, 0.1) is 0 Å². The van der Waals surface area contributed by atoms with E-state index in [4.69, 9.17) is 25.1 Å². The number of carboxylic acids is 1. The summed E-state index contributed by atoms with van der Waals surface area (Å²) < 4.78 is 16.2. The molecule has 0 aliphatic carbocycles.